The lowest BCUT2D eigenvalue weighted by Crippen LogP contribution is -2.43. The molecular weight excluding hydrogens is 318 g/mol. The molecule has 0 aliphatic carbocycles. The fourth-order valence-corrected chi connectivity index (χ4v) is 3.02. The summed E-state index contributed by atoms with van der Waals surface area (Å²) in [6.45, 7) is 4.67. The van der Waals surface area contributed by atoms with Gasteiger partial charge in [-0.25, -0.2) is 4.68 Å². The first-order valence-electron chi connectivity index (χ1n) is 8.43. The summed E-state index contributed by atoms with van der Waals surface area (Å²) >= 11 is 0. The van der Waals surface area contributed by atoms with Crippen molar-refractivity contribution in [2.45, 2.75) is 19.8 Å². The lowest BCUT2D eigenvalue weighted by Gasteiger charge is -2.34. The van der Waals surface area contributed by atoms with Gasteiger partial charge in [0.2, 0.25) is 0 Å². The quantitative estimate of drug-likeness (QED) is 0.757. The van der Waals surface area contributed by atoms with Crippen molar-refractivity contribution in [2.75, 3.05) is 19.6 Å². The van der Waals surface area contributed by atoms with Crippen molar-refractivity contribution in [3.8, 4) is 5.69 Å². The molecule has 132 valence electrons. The maximum Gasteiger partial charge on any atom is 0.271 e. The molecule has 7 heteroatoms. The van der Waals surface area contributed by atoms with Crippen molar-refractivity contribution in [3.63, 3.8) is 0 Å². The third-order valence-corrected chi connectivity index (χ3v) is 4.68. The van der Waals surface area contributed by atoms with E-state index in [1.54, 1.807) is 12.1 Å². The zero-order chi connectivity index (χ0) is 17.9. The Morgan fingerprint density at radius 2 is 1.96 bits per heavy atom. The zero-order valence-electron chi connectivity index (χ0n) is 14.3. The molecule has 4 N–H and O–H groups in total. The van der Waals surface area contributed by atoms with Crippen LogP contribution in [-0.2, 0) is 0 Å². The Balaban J connectivity index is 1.78. The first-order valence-corrected chi connectivity index (χ1v) is 8.43. The molecule has 2 amide bonds. The average Bonchev–Trinajstić information content (AvgIpc) is 3.07. The van der Waals surface area contributed by atoms with Gasteiger partial charge in [-0.1, -0.05) is 25.1 Å². The van der Waals surface area contributed by atoms with Crippen molar-refractivity contribution in [2.24, 2.45) is 11.1 Å². The van der Waals surface area contributed by atoms with Gasteiger partial charge in [-0.2, -0.15) is 5.10 Å². The van der Waals surface area contributed by atoms with Crippen LogP contribution in [-0.4, -0.2) is 41.2 Å². The summed E-state index contributed by atoms with van der Waals surface area (Å²) in [4.78, 5) is 24.2. The van der Waals surface area contributed by atoms with E-state index >= 15 is 0 Å². The maximum absolute atomic E-state index is 12.5. The number of aromatic nitrogens is 2. The lowest BCUT2D eigenvalue weighted by molar-refractivity contribution is 0.0916. The minimum atomic E-state index is -0.624. The Bertz CT molecular complexity index is 763. The van der Waals surface area contributed by atoms with Crippen LogP contribution < -0.4 is 16.4 Å². The first-order chi connectivity index (χ1) is 12.0. The van der Waals surface area contributed by atoms with E-state index in [1.165, 1.54) is 10.7 Å². The van der Waals surface area contributed by atoms with Gasteiger partial charge < -0.3 is 16.4 Å². The van der Waals surface area contributed by atoms with Crippen LogP contribution in [0.2, 0.25) is 0 Å². The molecule has 0 unspecified atom stereocenters. The zero-order valence-corrected chi connectivity index (χ0v) is 14.3. The van der Waals surface area contributed by atoms with Crippen LogP contribution in [0.25, 0.3) is 5.69 Å². The molecule has 1 aliphatic heterocycles. The molecule has 1 fully saturated rings. The summed E-state index contributed by atoms with van der Waals surface area (Å²) < 4.78 is 1.41. The smallest absolute Gasteiger partial charge is 0.271 e. The van der Waals surface area contributed by atoms with Crippen LogP contribution in [0.5, 0.6) is 0 Å². The van der Waals surface area contributed by atoms with Crippen LogP contribution in [0.15, 0.2) is 36.4 Å². The summed E-state index contributed by atoms with van der Waals surface area (Å²) in [6, 6.07) is 10.6. The molecule has 2 heterocycles. The first kappa shape index (κ1) is 17.2. The normalized spacial score (nSPS) is 16.4. The Hall–Kier alpha value is -2.67. The highest BCUT2D eigenvalue weighted by atomic mass is 16.2. The third kappa shape index (κ3) is 3.88. The van der Waals surface area contributed by atoms with Gasteiger partial charge in [-0.05, 0) is 43.5 Å². The van der Waals surface area contributed by atoms with Gasteiger partial charge in [0.1, 0.15) is 5.69 Å². The predicted molar refractivity (Wildman–Crippen MR) is 94.6 cm³/mol. The molecule has 1 aromatic carbocycles. The second kappa shape index (κ2) is 7.06. The van der Waals surface area contributed by atoms with Crippen LogP contribution in [0.4, 0.5) is 0 Å². The molecule has 1 saturated heterocycles. The van der Waals surface area contributed by atoms with E-state index in [1.807, 2.05) is 18.2 Å². The van der Waals surface area contributed by atoms with Crippen molar-refractivity contribution in [1.29, 1.82) is 0 Å². The molecule has 3 rings (SSSR count). The highest BCUT2D eigenvalue weighted by molar-refractivity contribution is 5.97. The van der Waals surface area contributed by atoms with Crippen molar-refractivity contribution < 1.29 is 9.59 Å². The minimum Gasteiger partial charge on any atom is -0.364 e. The van der Waals surface area contributed by atoms with Crippen LogP contribution >= 0.6 is 0 Å². The molecule has 7 nitrogen and oxygen atoms in total. The molecule has 0 spiro atoms. The Morgan fingerprint density at radius 3 is 2.60 bits per heavy atom. The van der Waals surface area contributed by atoms with E-state index in [0.29, 0.717) is 12.2 Å². The largest absolute Gasteiger partial charge is 0.364 e. The predicted octanol–water partition coefficient (Wildman–Crippen LogP) is 1.09. The summed E-state index contributed by atoms with van der Waals surface area (Å²) in [6.07, 6.45) is 2.02. The third-order valence-electron chi connectivity index (χ3n) is 4.68. The van der Waals surface area contributed by atoms with Gasteiger partial charge in [0.15, 0.2) is 5.69 Å². The Kier molecular flexibility index (Phi) is 4.85. The van der Waals surface area contributed by atoms with Crippen LogP contribution in [0, 0.1) is 5.41 Å². The van der Waals surface area contributed by atoms with Crippen LogP contribution in [0.1, 0.15) is 40.7 Å². The standard InChI is InChI=1S/C18H23N5O2/c1-18(7-9-20-10-8-18)12-21-17(25)14-11-15(16(19)24)23(22-14)13-5-3-2-4-6-13/h2-6,11,20H,7-10,12H2,1H3,(H2,19,24)(H,21,25). The number of primary amides is 1. The number of carbonyl (C=O) groups is 2. The van der Waals surface area contributed by atoms with E-state index in [0.717, 1.165) is 25.9 Å². The second-order valence-electron chi connectivity index (χ2n) is 6.77. The summed E-state index contributed by atoms with van der Waals surface area (Å²) in [5, 5.41) is 10.5. The summed E-state index contributed by atoms with van der Waals surface area (Å²) in [7, 11) is 0. The highest BCUT2D eigenvalue weighted by Crippen LogP contribution is 2.26. The molecule has 1 aliphatic rings. The SMILES string of the molecule is CC1(CNC(=O)c2cc(C(N)=O)n(-c3ccccc3)n2)CCNCC1. The summed E-state index contributed by atoms with van der Waals surface area (Å²) in [5.74, 6) is -0.919. The molecule has 25 heavy (non-hydrogen) atoms. The maximum atomic E-state index is 12.5. The van der Waals surface area contributed by atoms with Gasteiger partial charge in [0, 0.05) is 12.6 Å². The topological polar surface area (TPSA) is 102 Å². The number of nitrogens with two attached hydrogens (primary N) is 1. The number of hydrogen-bond donors (Lipinski definition) is 3. The second-order valence-corrected chi connectivity index (χ2v) is 6.77. The molecule has 0 bridgehead atoms. The van der Waals surface area contributed by atoms with E-state index in [2.05, 4.69) is 22.7 Å². The monoisotopic (exact) mass is 341 g/mol. The van der Waals surface area contributed by atoms with Gasteiger partial charge in [0.25, 0.3) is 11.8 Å². The number of rotatable bonds is 5. The average molecular weight is 341 g/mol. The fraction of sp³-hybridized carbons (Fsp3) is 0.389. The number of nitrogens with zero attached hydrogens (tertiary/aromatic N) is 2. The fourth-order valence-electron chi connectivity index (χ4n) is 3.02. The highest BCUT2D eigenvalue weighted by Gasteiger charge is 2.28. The Labute approximate surface area is 146 Å². The molecule has 1 aromatic heterocycles. The number of para-hydroxylation sites is 1. The number of piperidine rings is 1. The van der Waals surface area contributed by atoms with E-state index in [9.17, 15) is 9.59 Å². The van der Waals surface area contributed by atoms with Gasteiger partial charge in [-0.15, -0.1) is 0 Å². The molecular formula is C18H23N5O2. The van der Waals surface area contributed by atoms with Crippen molar-refractivity contribution >= 4 is 11.8 Å². The molecule has 2 aromatic rings. The lowest BCUT2D eigenvalue weighted by atomic mass is 9.81. The van der Waals surface area contributed by atoms with E-state index in [4.69, 9.17) is 5.73 Å². The summed E-state index contributed by atoms with van der Waals surface area (Å²) in [5.41, 5.74) is 6.57. The van der Waals surface area contributed by atoms with Crippen molar-refractivity contribution in [1.82, 2.24) is 20.4 Å². The van der Waals surface area contributed by atoms with Crippen LogP contribution in [0.3, 0.4) is 0 Å². The molecule has 0 radical (unpaired) electrons. The Morgan fingerprint density at radius 1 is 1.28 bits per heavy atom. The molecule has 0 saturated carbocycles. The van der Waals surface area contributed by atoms with E-state index < -0.39 is 5.91 Å². The number of nitrogens with one attached hydrogen (secondary N) is 2. The minimum absolute atomic E-state index is 0.0788. The van der Waals surface area contributed by atoms with Gasteiger partial charge >= 0.3 is 0 Å². The van der Waals surface area contributed by atoms with Crippen molar-refractivity contribution in [3.05, 3.63) is 47.8 Å². The van der Waals surface area contributed by atoms with Gasteiger partial charge in [-0.3, -0.25) is 9.59 Å². The number of carbonyl (C=O) groups excluding carboxylic acids is 2. The number of hydrogen-bond acceptors (Lipinski definition) is 4. The van der Waals surface area contributed by atoms with Gasteiger partial charge in [0.05, 0.1) is 5.69 Å². The number of benzene rings is 1. The van der Waals surface area contributed by atoms with E-state index in [-0.39, 0.29) is 22.7 Å². The molecule has 0 atom stereocenters. The number of amides is 2.